The Morgan fingerprint density at radius 1 is 1.03 bits per heavy atom. The van der Waals surface area contributed by atoms with Crippen molar-refractivity contribution in [3.63, 3.8) is 0 Å². The van der Waals surface area contributed by atoms with Gasteiger partial charge in [0, 0.05) is 5.39 Å². The van der Waals surface area contributed by atoms with Crippen molar-refractivity contribution in [1.82, 2.24) is 0 Å². The number of nitrogens with one attached hydrogen (secondary N) is 1. The van der Waals surface area contributed by atoms with Gasteiger partial charge in [0.05, 0.1) is 0 Å². The minimum absolute atomic E-state index is 0.0399. The molecule has 0 heterocycles. The minimum atomic E-state index is -4.83. The summed E-state index contributed by atoms with van der Waals surface area (Å²) in [5, 5.41) is 12.0. The van der Waals surface area contributed by atoms with E-state index in [4.69, 9.17) is 9.81 Å². The molecule has 1 atom stereocenters. The summed E-state index contributed by atoms with van der Waals surface area (Å²) in [7, 11) is -4.13. The second kappa shape index (κ2) is 9.36. The number of anilines is 1. The predicted molar refractivity (Wildman–Crippen MR) is 107 cm³/mol. The second-order valence-corrected chi connectivity index (χ2v) is 10.8. The van der Waals surface area contributed by atoms with Crippen LogP contribution < -0.4 is 9.67 Å². The third-order valence-corrected chi connectivity index (χ3v) is 6.96. The molecule has 1 unspecified atom stereocenters. The molecule has 3 aromatic carbocycles. The molecule has 0 saturated heterocycles. The number of hydrogen-bond acceptors (Lipinski definition) is 6. The van der Waals surface area contributed by atoms with E-state index in [9.17, 15) is 21.0 Å². The van der Waals surface area contributed by atoms with Gasteiger partial charge in [0.25, 0.3) is 10.1 Å². The number of carbonyl (C=O) groups is 1. The predicted octanol–water partition coefficient (Wildman–Crippen LogP) is 1.79. The third kappa shape index (κ3) is 6.26. The Bertz CT molecular complexity index is 1170. The van der Waals surface area contributed by atoms with Crippen LogP contribution in [0.25, 0.3) is 10.8 Å². The van der Waals surface area contributed by atoms with Crippen LogP contribution >= 0.6 is 0 Å². The Kier molecular flexibility index (Phi) is 7.36. The topological polar surface area (TPSA) is 150 Å². The molecule has 29 heavy (non-hydrogen) atoms. The van der Waals surface area contributed by atoms with Gasteiger partial charge in [0.1, 0.15) is 4.90 Å². The number of carbonyl (C=O) groups excluding carboxylic acids is 1. The summed E-state index contributed by atoms with van der Waals surface area (Å²) in [6.45, 7) is 1.32. The molecule has 0 bridgehead atoms. The zero-order valence-corrected chi connectivity index (χ0v) is 17.8. The first-order valence-electron chi connectivity index (χ1n) is 8.04. The van der Waals surface area contributed by atoms with Gasteiger partial charge in [-0.2, -0.15) is 8.42 Å². The molecule has 9 nitrogen and oxygen atoms in total. The van der Waals surface area contributed by atoms with E-state index in [1.165, 1.54) is 31.2 Å². The van der Waals surface area contributed by atoms with Crippen molar-refractivity contribution in [1.29, 1.82) is 0 Å². The molecule has 0 fully saturated rings. The normalized spacial score (nSPS) is 13.1. The molecule has 3 aromatic rings. The fourth-order valence-corrected chi connectivity index (χ4v) is 4.55. The van der Waals surface area contributed by atoms with E-state index in [-0.39, 0.29) is 15.2 Å². The van der Waals surface area contributed by atoms with Gasteiger partial charge in [-0.25, -0.2) is 0 Å². The summed E-state index contributed by atoms with van der Waals surface area (Å²) >= 11 is -4.83. The maximum atomic E-state index is 11.3. The summed E-state index contributed by atoms with van der Waals surface area (Å²) < 4.78 is 54.9. The minimum Gasteiger partial charge on any atom is -0.282 e. The van der Waals surface area contributed by atoms with Crippen molar-refractivity contribution >= 4 is 51.0 Å². The molecule has 11 heteroatoms. The van der Waals surface area contributed by atoms with Gasteiger partial charge in [-0.3, -0.25) is 4.55 Å². The first kappa shape index (κ1) is 22.8. The van der Waals surface area contributed by atoms with E-state index < -0.39 is 24.3 Å². The fraction of sp³-hybridized carbons (Fsp3) is 0.0556. The average Bonchev–Trinajstić information content (AvgIpc) is 2.67. The van der Waals surface area contributed by atoms with E-state index >= 15 is 0 Å². The molecule has 3 rings (SSSR count). The monoisotopic (exact) mass is 483 g/mol. The van der Waals surface area contributed by atoms with Crippen LogP contribution in [0.15, 0.2) is 71.6 Å². The van der Waals surface area contributed by atoms with E-state index in [1.54, 1.807) is 36.4 Å². The first-order chi connectivity index (χ1) is 13.5. The third-order valence-electron chi connectivity index (χ3n) is 3.63. The standard InChI is InChI=1S/C10H8O3S.C8H10AsNO5/c11-14(12,13)10-7-3-5-8-4-1-2-6-9(8)10;1-6(11)10-8-4-2-3-7(5-8)9(12,13)15-14/h1-7H,(H,11,12,13);2-5,14H,1H3,(H,10,11)(H,12,13). The Morgan fingerprint density at radius 3 is 2.28 bits per heavy atom. The van der Waals surface area contributed by atoms with Crippen LogP contribution in [0.3, 0.4) is 0 Å². The Balaban J connectivity index is 0.000000207. The van der Waals surface area contributed by atoms with Gasteiger partial charge in [0.2, 0.25) is 0 Å². The molecule has 154 valence electrons. The van der Waals surface area contributed by atoms with Crippen LogP contribution in [-0.2, 0) is 22.5 Å². The van der Waals surface area contributed by atoms with Gasteiger partial charge in [0.15, 0.2) is 0 Å². The molecule has 0 aromatic heterocycles. The van der Waals surface area contributed by atoms with E-state index in [2.05, 4.69) is 9.19 Å². The molecule has 0 aliphatic heterocycles. The molecule has 0 aliphatic rings. The van der Waals surface area contributed by atoms with Gasteiger partial charge in [-0.05, 0) is 11.5 Å². The Hall–Kier alpha value is -2.46. The van der Waals surface area contributed by atoms with Crippen LogP contribution in [0, 0.1) is 0 Å². The molecule has 0 radical (unpaired) electrons. The van der Waals surface area contributed by atoms with Gasteiger partial charge in [-0.15, -0.1) is 0 Å². The maximum Gasteiger partial charge on any atom is 0.295 e. The van der Waals surface area contributed by atoms with E-state index in [0.29, 0.717) is 11.1 Å². The summed E-state index contributed by atoms with van der Waals surface area (Å²) in [6.07, 6.45) is 0. The number of benzene rings is 3. The Labute approximate surface area is 169 Å². The quantitative estimate of drug-likeness (QED) is 0.190. The summed E-state index contributed by atoms with van der Waals surface area (Å²) in [4.78, 5) is 10.7. The van der Waals surface area contributed by atoms with E-state index in [0.717, 1.165) is 5.39 Å². The number of hydrogen-bond donors (Lipinski definition) is 4. The van der Waals surface area contributed by atoms with Crippen molar-refractivity contribution in [2.24, 2.45) is 0 Å². The Morgan fingerprint density at radius 2 is 1.66 bits per heavy atom. The van der Waals surface area contributed by atoms with Crippen molar-refractivity contribution < 1.29 is 34.7 Å². The molecular formula is C18H18AsNO8S. The molecule has 4 N–H and O–H groups in total. The molecule has 0 spiro atoms. The smallest absolute Gasteiger partial charge is 0.282 e. The molecule has 0 saturated carbocycles. The molecule has 1 amide bonds. The first-order valence-corrected chi connectivity index (χ1v) is 12.8. The van der Waals surface area contributed by atoms with Gasteiger partial charge >= 0.3 is 88.4 Å². The van der Waals surface area contributed by atoms with Gasteiger partial charge < -0.3 is 0 Å². The van der Waals surface area contributed by atoms with E-state index in [1.807, 2.05) is 6.07 Å². The fourth-order valence-electron chi connectivity index (χ4n) is 2.43. The van der Waals surface area contributed by atoms with Gasteiger partial charge in [-0.1, -0.05) is 36.4 Å². The number of fused-ring (bicyclic) bond motifs is 1. The largest absolute Gasteiger partial charge is 0.295 e. The van der Waals surface area contributed by atoms with Crippen LogP contribution in [0.2, 0.25) is 0 Å². The second-order valence-electron chi connectivity index (χ2n) is 5.79. The summed E-state index contributed by atoms with van der Waals surface area (Å²) in [5.41, 5.74) is 0.368. The van der Waals surface area contributed by atoms with Crippen molar-refractivity contribution in [3.8, 4) is 0 Å². The van der Waals surface area contributed by atoms with Crippen molar-refractivity contribution in [3.05, 3.63) is 66.7 Å². The molecule has 0 aliphatic carbocycles. The van der Waals surface area contributed by atoms with Crippen LogP contribution in [-0.4, -0.2) is 42.4 Å². The zero-order valence-electron chi connectivity index (χ0n) is 15.1. The summed E-state index contributed by atoms with van der Waals surface area (Å²) in [6, 6.07) is 17.4. The van der Waals surface area contributed by atoms with Crippen LogP contribution in [0.4, 0.5) is 5.69 Å². The maximum absolute atomic E-state index is 11.3. The van der Waals surface area contributed by atoms with Crippen LogP contribution in [0.5, 0.6) is 0 Å². The van der Waals surface area contributed by atoms with Crippen molar-refractivity contribution in [2.45, 2.75) is 11.8 Å². The SMILES string of the molecule is CC(=O)Nc1cccc([As](=O)(O)OO)c1.O=S(=O)(O)c1cccc2ccccc12. The van der Waals surface area contributed by atoms with Crippen molar-refractivity contribution in [2.75, 3.05) is 5.32 Å². The molecular weight excluding hydrogens is 465 g/mol. The zero-order chi connectivity index (χ0) is 21.7. The number of amides is 1. The number of rotatable bonds is 4. The summed E-state index contributed by atoms with van der Waals surface area (Å²) in [5.74, 6) is -0.294. The van der Waals surface area contributed by atoms with Crippen LogP contribution in [0.1, 0.15) is 6.92 Å². The average molecular weight is 483 g/mol.